The third-order valence-electron chi connectivity index (χ3n) is 4.04. The topological polar surface area (TPSA) is 72.7 Å². The van der Waals surface area contributed by atoms with E-state index in [-0.39, 0.29) is 12.5 Å². The second-order valence-corrected chi connectivity index (χ2v) is 6.87. The Morgan fingerprint density at radius 2 is 1.78 bits per heavy atom. The molecule has 2 aromatic heterocycles. The van der Waals surface area contributed by atoms with Crippen LogP contribution in [0.3, 0.4) is 0 Å². The first-order chi connectivity index (χ1) is 13.3. The molecule has 0 aliphatic carbocycles. The lowest BCUT2D eigenvalue weighted by atomic mass is 10.2. The number of hydrogen-bond acceptors (Lipinski definition) is 5. The molecule has 0 bridgehead atoms. The summed E-state index contributed by atoms with van der Waals surface area (Å²) in [5, 5.41) is 13.6. The first-order valence-electron chi connectivity index (χ1n) is 8.50. The quantitative estimate of drug-likeness (QED) is 0.561. The van der Waals surface area contributed by atoms with Gasteiger partial charge in [0.1, 0.15) is 12.0 Å². The molecule has 2 heterocycles. The average molecular weight is 375 g/mol. The van der Waals surface area contributed by atoms with Gasteiger partial charge in [-0.3, -0.25) is 9.36 Å². The van der Waals surface area contributed by atoms with Gasteiger partial charge >= 0.3 is 0 Å². The predicted octanol–water partition coefficient (Wildman–Crippen LogP) is 3.24. The number of thiazole rings is 1. The van der Waals surface area contributed by atoms with E-state index in [1.807, 2.05) is 53.1 Å². The second kappa shape index (κ2) is 7.92. The lowest BCUT2D eigenvalue weighted by molar-refractivity contribution is 0.0945. The Hall–Kier alpha value is -3.32. The summed E-state index contributed by atoms with van der Waals surface area (Å²) in [5.41, 5.74) is 2.55. The summed E-state index contributed by atoms with van der Waals surface area (Å²) in [6.07, 6.45) is 2.36. The highest BCUT2D eigenvalue weighted by Gasteiger charge is 2.13. The molecule has 134 valence electrons. The summed E-state index contributed by atoms with van der Waals surface area (Å²) < 4.78 is 1.85. The van der Waals surface area contributed by atoms with Crippen LogP contribution < -0.4 is 5.32 Å². The van der Waals surface area contributed by atoms with Crippen molar-refractivity contribution >= 4 is 17.2 Å². The number of para-hydroxylation sites is 1. The van der Waals surface area contributed by atoms with Crippen LogP contribution in [0.1, 0.15) is 26.9 Å². The molecule has 0 aliphatic heterocycles. The molecule has 0 saturated carbocycles. The minimum absolute atomic E-state index is 0.215. The molecule has 7 heteroatoms. The number of nitrogens with one attached hydrogen (secondary N) is 1. The monoisotopic (exact) mass is 375 g/mol. The Kier molecular flexibility index (Phi) is 5.02. The molecule has 27 heavy (non-hydrogen) atoms. The SMILES string of the molecule is O=C(NCc1nncn1-c1ccccc1)c1csc(Cc2ccccc2)n1. The molecule has 4 rings (SSSR count). The highest BCUT2D eigenvalue weighted by Crippen LogP contribution is 2.15. The van der Waals surface area contributed by atoms with Crippen LogP contribution in [-0.4, -0.2) is 25.7 Å². The average Bonchev–Trinajstić information content (AvgIpc) is 3.37. The summed E-state index contributed by atoms with van der Waals surface area (Å²) in [4.78, 5) is 16.9. The maximum atomic E-state index is 12.4. The fourth-order valence-electron chi connectivity index (χ4n) is 2.70. The van der Waals surface area contributed by atoms with Gasteiger partial charge in [-0.2, -0.15) is 0 Å². The Balaban J connectivity index is 1.40. The van der Waals surface area contributed by atoms with Crippen LogP contribution in [0.5, 0.6) is 0 Å². The highest BCUT2D eigenvalue weighted by atomic mass is 32.1. The summed E-state index contributed by atoms with van der Waals surface area (Å²) in [7, 11) is 0. The van der Waals surface area contributed by atoms with Crippen molar-refractivity contribution < 1.29 is 4.79 Å². The fraction of sp³-hybridized carbons (Fsp3) is 0.100. The van der Waals surface area contributed by atoms with Gasteiger partial charge in [0, 0.05) is 17.5 Å². The maximum Gasteiger partial charge on any atom is 0.271 e. The van der Waals surface area contributed by atoms with Crippen LogP contribution in [0.4, 0.5) is 0 Å². The van der Waals surface area contributed by atoms with E-state index in [2.05, 4.69) is 32.6 Å². The van der Waals surface area contributed by atoms with Crippen LogP contribution in [-0.2, 0) is 13.0 Å². The lowest BCUT2D eigenvalue weighted by Crippen LogP contribution is -2.24. The summed E-state index contributed by atoms with van der Waals surface area (Å²) in [6, 6.07) is 19.9. The van der Waals surface area contributed by atoms with E-state index in [0.29, 0.717) is 11.5 Å². The minimum atomic E-state index is -0.215. The largest absolute Gasteiger partial charge is 0.343 e. The van der Waals surface area contributed by atoms with Crippen molar-refractivity contribution in [3.63, 3.8) is 0 Å². The Morgan fingerprint density at radius 3 is 2.56 bits per heavy atom. The van der Waals surface area contributed by atoms with Gasteiger partial charge in [-0.15, -0.1) is 21.5 Å². The van der Waals surface area contributed by atoms with Crippen molar-refractivity contribution in [2.24, 2.45) is 0 Å². The molecule has 0 radical (unpaired) electrons. The molecule has 4 aromatic rings. The number of rotatable bonds is 6. The van der Waals surface area contributed by atoms with Crippen molar-refractivity contribution in [2.75, 3.05) is 0 Å². The van der Waals surface area contributed by atoms with E-state index in [1.165, 1.54) is 16.9 Å². The minimum Gasteiger partial charge on any atom is -0.343 e. The van der Waals surface area contributed by atoms with Gasteiger partial charge < -0.3 is 5.32 Å². The van der Waals surface area contributed by atoms with E-state index < -0.39 is 0 Å². The standard InChI is InChI=1S/C20H17N5OS/c26-20(17-13-27-19(23-17)11-15-7-3-1-4-8-15)21-12-18-24-22-14-25(18)16-9-5-2-6-10-16/h1-10,13-14H,11-12H2,(H,21,26). The number of hydrogen-bond donors (Lipinski definition) is 1. The predicted molar refractivity (Wildman–Crippen MR) is 104 cm³/mol. The number of benzene rings is 2. The van der Waals surface area contributed by atoms with Crippen molar-refractivity contribution in [3.05, 3.63) is 94.5 Å². The van der Waals surface area contributed by atoms with E-state index in [1.54, 1.807) is 11.7 Å². The van der Waals surface area contributed by atoms with Crippen LogP contribution >= 0.6 is 11.3 Å². The second-order valence-electron chi connectivity index (χ2n) is 5.92. The number of carbonyl (C=O) groups excluding carboxylic acids is 1. The third-order valence-corrected chi connectivity index (χ3v) is 4.89. The smallest absolute Gasteiger partial charge is 0.271 e. The molecule has 2 aromatic carbocycles. The Labute approximate surface area is 160 Å². The van der Waals surface area contributed by atoms with Crippen LogP contribution in [0.2, 0.25) is 0 Å². The summed E-state index contributed by atoms with van der Waals surface area (Å²) in [6.45, 7) is 0.277. The normalized spacial score (nSPS) is 10.7. The molecule has 1 N–H and O–H groups in total. The van der Waals surface area contributed by atoms with Gasteiger partial charge in [-0.05, 0) is 17.7 Å². The Morgan fingerprint density at radius 1 is 1.04 bits per heavy atom. The first kappa shape index (κ1) is 17.1. The molecule has 0 spiro atoms. The van der Waals surface area contributed by atoms with Crippen molar-refractivity contribution in [1.29, 1.82) is 0 Å². The molecule has 0 saturated heterocycles. The molecular formula is C20H17N5OS. The van der Waals surface area contributed by atoms with Gasteiger partial charge in [-0.1, -0.05) is 48.5 Å². The third kappa shape index (κ3) is 4.09. The highest BCUT2D eigenvalue weighted by molar-refractivity contribution is 7.09. The molecular weight excluding hydrogens is 358 g/mol. The number of aromatic nitrogens is 4. The number of nitrogens with zero attached hydrogens (tertiary/aromatic N) is 4. The van der Waals surface area contributed by atoms with Crippen molar-refractivity contribution in [2.45, 2.75) is 13.0 Å². The maximum absolute atomic E-state index is 12.4. The van der Waals surface area contributed by atoms with Crippen molar-refractivity contribution in [3.8, 4) is 5.69 Å². The van der Waals surface area contributed by atoms with Crippen LogP contribution in [0.15, 0.2) is 72.4 Å². The van der Waals surface area contributed by atoms with Gasteiger partial charge in [-0.25, -0.2) is 4.98 Å². The molecule has 0 aliphatic rings. The summed E-state index contributed by atoms with van der Waals surface area (Å²) in [5.74, 6) is 0.447. The van der Waals surface area contributed by atoms with Crippen LogP contribution in [0.25, 0.3) is 5.69 Å². The Bertz CT molecular complexity index is 1030. The zero-order valence-corrected chi connectivity index (χ0v) is 15.3. The number of amides is 1. The van der Waals surface area contributed by atoms with Crippen molar-refractivity contribution in [1.82, 2.24) is 25.1 Å². The van der Waals surface area contributed by atoms with Crippen LogP contribution in [0, 0.1) is 0 Å². The van der Waals surface area contributed by atoms with Gasteiger partial charge in [0.2, 0.25) is 0 Å². The zero-order chi connectivity index (χ0) is 18.5. The zero-order valence-electron chi connectivity index (χ0n) is 14.4. The fourth-order valence-corrected chi connectivity index (χ4v) is 3.51. The number of carbonyl (C=O) groups is 1. The molecule has 0 unspecified atom stereocenters. The van der Waals surface area contributed by atoms with E-state index >= 15 is 0 Å². The van der Waals surface area contributed by atoms with Gasteiger partial charge in [0.05, 0.1) is 11.6 Å². The van der Waals surface area contributed by atoms with E-state index in [4.69, 9.17) is 0 Å². The molecule has 1 amide bonds. The molecule has 6 nitrogen and oxygen atoms in total. The van der Waals surface area contributed by atoms with Gasteiger partial charge in [0.15, 0.2) is 5.82 Å². The first-order valence-corrected chi connectivity index (χ1v) is 9.38. The van der Waals surface area contributed by atoms with E-state index in [0.717, 1.165) is 17.1 Å². The lowest BCUT2D eigenvalue weighted by Gasteiger charge is -2.07. The summed E-state index contributed by atoms with van der Waals surface area (Å²) >= 11 is 1.49. The van der Waals surface area contributed by atoms with E-state index in [9.17, 15) is 4.79 Å². The molecule has 0 atom stereocenters. The molecule has 0 fully saturated rings. The van der Waals surface area contributed by atoms with Gasteiger partial charge in [0.25, 0.3) is 5.91 Å².